The van der Waals surface area contributed by atoms with Crippen LogP contribution in [0.3, 0.4) is 0 Å². The number of nitrogens with zero attached hydrogens (tertiary/aromatic N) is 2. The number of hydrogen-bond donors (Lipinski definition) is 0. The molecule has 2 rings (SSSR count). The van der Waals surface area contributed by atoms with Gasteiger partial charge < -0.3 is 4.90 Å². The Morgan fingerprint density at radius 3 is 2.82 bits per heavy atom. The Bertz CT molecular complexity index is 501. The molecule has 0 bridgehead atoms. The normalized spacial score (nSPS) is 10.5. The van der Waals surface area contributed by atoms with Crippen molar-refractivity contribution in [2.24, 2.45) is 0 Å². The molecule has 0 unspecified atom stereocenters. The van der Waals surface area contributed by atoms with Crippen molar-refractivity contribution in [3.8, 4) is 0 Å². The monoisotopic (exact) mass is 270 g/mol. The average Bonchev–Trinajstić information content (AvgIpc) is 2.77. The van der Waals surface area contributed by atoms with Crippen LogP contribution in [0.15, 0.2) is 29.6 Å². The van der Waals surface area contributed by atoms with Gasteiger partial charge in [0.1, 0.15) is 10.8 Å². The summed E-state index contributed by atoms with van der Waals surface area (Å²) in [6.45, 7) is 0.586. The number of alkyl halides is 1. The van der Waals surface area contributed by atoms with Crippen molar-refractivity contribution in [3.63, 3.8) is 0 Å². The van der Waals surface area contributed by atoms with Crippen LogP contribution in [0.5, 0.6) is 0 Å². The Morgan fingerprint density at radius 1 is 1.41 bits per heavy atom. The van der Waals surface area contributed by atoms with Crippen LogP contribution in [0.4, 0.5) is 10.1 Å². The van der Waals surface area contributed by atoms with Gasteiger partial charge in [-0.05, 0) is 12.1 Å². The second kappa shape index (κ2) is 5.47. The lowest BCUT2D eigenvalue weighted by Gasteiger charge is -2.18. The van der Waals surface area contributed by atoms with Crippen molar-refractivity contribution in [3.05, 3.63) is 46.2 Å². The number of hydrogen-bond acceptors (Lipinski definition) is 3. The standard InChI is InChI=1S/C12H12ClFN2S/c1-16(11-5-3-2-4-10(11)14)7-12-15-9(6-13)8-17-12/h2-5,8H,6-7H2,1H3. The molecule has 0 radical (unpaired) electrons. The molecule has 0 N–H and O–H groups in total. The SMILES string of the molecule is CN(Cc1nc(CCl)cs1)c1ccccc1F. The van der Waals surface area contributed by atoms with Crippen molar-refractivity contribution in [2.45, 2.75) is 12.4 Å². The molecule has 0 saturated carbocycles. The second-order valence-electron chi connectivity index (χ2n) is 3.67. The van der Waals surface area contributed by atoms with Gasteiger partial charge in [0.2, 0.25) is 0 Å². The van der Waals surface area contributed by atoms with E-state index in [2.05, 4.69) is 4.98 Å². The van der Waals surface area contributed by atoms with Crippen molar-refractivity contribution < 1.29 is 4.39 Å². The lowest BCUT2D eigenvalue weighted by atomic mass is 10.3. The fourth-order valence-electron chi connectivity index (χ4n) is 1.53. The van der Waals surface area contributed by atoms with E-state index < -0.39 is 0 Å². The zero-order valence-corrected chi connectivity index (χ0v) is 10.9. The third-order valence-electron chi connectivity index (χ3n) is 2.37. The highest BCUT2D eigenvalue weighted by Crippen LogP contribution is 2.20. The smallest absolute Gasteiger partial charge is 0.146 e. The minimum absolute atomic E-state index is 0.218. The van der Waals surface area contributed by atoms with Gasteiger partial charge in [-0.3, -0.25) is 0 Å². The van der Waals surface area contributed by atoms with Gasteiger partial charge in [0.25, 0.3) is 0 Å². The van der Waals surface area contributed by atoms with E-state index in [-0.39, 0.29) is 5.82 Å². The molecule has 1 aromatic heterocycles. The Morgan fingerprint density at radius 2 is 2.18 bits per heavy atom. The molecule has 0 amide bonds. The third-order valence-corrected chi connectivity index (χ3v) is 3.53. The first kappa shape index (κ1) is 12.3. The molecule has 0 aliphatic rings. The molecule has 0 spiro atoms. The number of thiazole rings is 1. The van der Waals surface area contributed by atoms with Gasteiger partial charge >= 0.3 is 0 Å². The van der Waals surface area contributed by atoms with Gasteiger partial charge in [-0.15, -0.1) is 22.9 Å². The Hall–Kier alpha value is -1.13. The summed E-state index contributed by atoms with van der Waals surface area (Å²) in [6, 6.07) is 6.71. The maximum atomic E-state index is 13.5. The first-order valence-electron chi connectivity index (χ1n) is 5.15. The number of halogens is 2. The van der Waals surface area contributed by atoms with Crippen LogP contribution in [0.2, 0.25) is 0 Å². The quantitative estimate of drug-likeness (QED) is 0.789. The van der Waals surface area contributed by atoms with E-state index >= 15 is 0 Å². The molecule has 0 aliphatic carbocycles. The van der Waals surface area contributed by atoms with Gasteiger partial charge in [0.15, 0.2) is 0 Å². The number of anilines is 1. The molecule has 0 aliphatic heterocycles. The first-order valence-corrected chi connectivity index (χ1v) is 6.57. The molecule has 2 aromatic rings. The number of para-hydroxylation sites is 1. The Kier molecular flexibility index (Phi) is 3.97. The molecular formula is C12H12ClFN2S. The van der Waals surface area contributed by atoms with Crippen molar-refractivity contribution in [1.82, 2.24) is 4.98 Å². The van der Waals surface area contributed by atoms with Crippen LogP contribution in [0, 0.1) is 5.82 Å². The average molecular weight is 271 g/mol. The predicted octanol–water partition coefficient (Wildman–Crippen LogP) is 3.66. The lowest BCUT2D eigenvalue weighted by molar-refractivity contribution is 0.622. The Balaban J connectivity index is 2.11. The van der Waals surface area contributed by atoms with Gasteiger partial charge in [-0.1, -0.05) is 12.1 Å². The summed E-state index contributed by atoms with van der Waals surface area (Å²) >= 11 is 7.23. The molecule has 1 heterocycles. The maximum Gasteiger partial charge on any atom is 0.146 e. The molecule has 5 heteroatoms. The number of rotatable bonds is 4. The summed E-state index contributed by atoms with van der Waals surface area (Å²) in [5, 5.41) is 2.86. The zero-order valence-electron chi connectivity index (χ0n) is 9.36. The lowest BCUT2D eigenvalue weighted by Crippen LogP contribution is -2.17. The summed E-state index contributed by atoms with van der Waals surface area (Å²) in [6.07, 6.45) is 0. The van der Waals surface area contributed by atoms with Gasteiger partial charge in [0.05, 0.1) is 23.8 Å². The largest absolute Gasteiger partial charge is 0.365 e. The van der Waals surface area contributed by atoms with Crippen LogP contribution < -0.4 is 4.90 Å². The van der Waals surface area contributed by atoms with E-state index in [1.807, 2.05) is 23.4 Å². The summed E-state index contributed by atoms with van der Waals surface area (Å²) < 4.78 is 13.5. The first-order chi connectivity index (χ1) is 8.20. The number of aromatic nitrogens is 1. The molecule has 0 atom stereocenters. The Labute approximate surface area is 109 Å². The highest BCUT2D eigenvalue weighted by Gasteiger charge is 2.09. The molecule has 90 valence electrons. The summed E-state index contributed by atoms with van der Waals surface area (Å²) in [7, 11) is 1.85. The van der Waals surface area contributed by atoms with E-state index in [1.165, 1.54) is 6.07 Å². The predicted molar refractivity (Wildman–Crippen MR) is 70.2 cm³/mol. The van der Waals surface area contributed by atoms with E-state index in [0.717, 1.165) is 10.7 Å². The number of benzene rings is 1. The fraction of sp³-hybridized carbons (Fsp3) is 0.250. The second-order valence-corrected chi connectivity index (χ2v) is 4.88. The van der Waals surface area contributed by atoms with Crippen LogP contribution in [0.25, 0.3) is 0 Å². The molecule has 1 aromatic carbocycles. The van der Waals surface area contributed by atoms with Crippen LogP contribution in [-0.2, 0) is 12.4 Å². The minimum atomic E-state index is -0.218. The van der Waals surface area contributed by atoms with Crippen LogP contribution in [-0.4, -0.2) is 12.0 Å². The van der Waals surface area contributed by atoms with Crippen LogP contribution >= 0.6 is 22.9 Å². The maximum absolute atomic E-state index is 13.5. The molecule has 0 saturated heterocycles. The fourth-order valence-corrected chi connectivity index (χ4v) is 2.61. The van der Waals surface area contributed by atoms with Crippen molar-refractivity contribution in [1.29, 1.82) is 0 Å². The van der Waals surface area contributed by atoms with Crippen molar-refractivity contribution in [2.75, 3.05) is 11.9 Å². The minimum Gasteiger partial charge on any atom is -0.365 e. The zero-order chi connectivity index (χ0) is 12.3. The van der Waals surface area contributed by atoms with Gasteiger partial charge in [-0.25, -0.2) is 9.37 Å². The van der Waals surface area contributed by atoms with E-state index in [4.69, 9.17) is 11.6 Å². The topological polar surface area (TPSA) is 16.1 Å². The molecular weight excluding hydrogens is 259 g/mol. The molecule has 17 heavy (non-hydrogen) atoms. The summed E-state index contributed by atoms with van der Waals surface area (Å²) in [5.74, 6) is 0.198. The van der Waals surface area contributed by atoms with E-state index in [9.17, 15) is 4.39 Å². The highest BCUT2D eigenvalue weighted by atomic mass is 35.5. The van der Waals surface area contributed by atoms with E-state index in [1.54, 1.807) is 23.5 Å². The van der Waals surface area contributed by atoms with E-state index in [0.29, 0.717) is 18.1 Å². The van der Waals surface area contributed by atoms with Gasteiger partial charge in [0, 0.05) is 12.4 Å². The summed E-state index contributed by atoms with van der Waals surface area (Å²) in [4.78, 5) is 6.19. The molecule has 0 fully saturated rings. The molecule has 2 nitrogen and oxygen atoms in total. The van der Waals surface area contributed by atoms with Crippen molar-refractivity contribution >= 4 is 28.6 Å². The van der Waals surface area contributed by atoms with Gasteiger partial charge in [-0.2, -0.15) is 0 Å². The third kappa shape index (κ3) is 2.96. The summed E-state index contributed by atoms with van der Waals surface area (Å²) in [5.41, 5.74) is 1.45. The van der Waals surface area contributed by atoms with Crippen LogP contribution in [0.1, 0.15) is 10.7 Å². The highest BCUT2D eigenvalue weighted by molar-refractivity contribution is 7.09.